The molecule has 118 valence electrons. The highest BCUT2D eigenvalue weighted by molar-refractivity contribution is 7.89. The van der Waals surface area contributed by atoms with Gasteiger partial charge in [-0.1, -0.05) is 19.9 Å². The number of sulfonamides is 1. The fourth-order valence-electron chi connectivity index (χ4n) is 3.13. The lowest BCUT2D eigenvalue weighted by Gasteiger charge is -2.23. The Hall–Kier alpha value is -0.910. The third kappa shape index (κ3) is 3.30. The van der Waals surface area contributed by atoms with E-state index in [-0.39, 0.29) is 6.04 Å². The number of hydrogen-bond donors (Lipinski definition) is 1. The molecule has 1 unspecified atom stereocenters. The summed E-state index contributed by atoms with van der Waals surface area (Å²) in [6, 6.07) is 5.72. The average Bonchev–Trinajstić information content (AvgIpc) is 2.96. The van der Waals surface area contributed by atoms with E-state index in [2.05, 4.69) is 19.2 Å². The highest BCUT2D eigenvalue weighted by atomic mass is 32.2. The normalized spacial score (nSPS) is 20.0. The maximum Gasteiger partial charge on any atom is 0.243 e. The van der Waals surface area contributed by atoms with Gasteiger partial charge in [0.25, 0.3) is 0 Å². The second-order valence-corrected chi connectivity index (χ2v) is 7.53. The first-order valence-corrected chi connectivity index (χ1v) is 9.26. The van der Waals surface area contributed by atoms with Gasteiger partial charge in [0.05, 0.1) is 4.90 Å². The Morgan fingerprint density at radius 2 is 2.05 bits per heavy atom. The Morgan fingerprint density at radius 3 is 2.67 bits per heavy atom. The van der Waals surface area contributed by atoms with Gasteiger partial charge in [0.15, 0.2) is 0 Å². The highest BCUT2D eigenvalue weighted by Crippen LogP contribution is 2.28. The van der Waals surface area contributed by atoms with E-state index in [0.29, 0.717) is 18.0 Å². The van der Waals surface area contributed by atoms with Gasteiger partial charge in [0, 0.05) is 19.1 Å². The second-order valence-electron chi connectivity index (χ2n) is 5.63. The SMILES string of the molecule is CCc1ccc(S(=O)(=O)N2CCCC2CC)cc1CNC. The molecule has 1 aromatic rings. The van der Waals surface area contributed by atoms with Gasteiger partial charge < -0.3 is 5.32 Å². The number of nitrogens with one attached hydrogen (secondary N) is 1. The maximum absolute atomic E-state index is 12.9. The number of rotatable bonds is 6. The van der Waals surface area contributed by atoms with Crippen molar-refractivity contribution >= 4 is 10.0 Å². The molecule has 1 aliphatic heterocycles. The van der Waals surface area contributed by atoms with Crippen molar-refractivity contribution in [2.24, 2.45) is 0 Å². The minimum Gasteiger partial charge on any atom is -0.316 e. The van der Waals surface area contributed by atoms with Crippen LogP contribution in [0.5, 0.6) is 0 Å². The Balaban J connectivity index is 2.38. The van der Waals surface area contributed by atoms with Crippen LogP contribution in [-0.4, -0.2) is 32.4 Å². The highest BCUT2D eigenvalue weighted by Gasteiger charge is 2.34. The molecular weight excluding hydrogens is 284 g/mol. The van der Waals surface area contributed by atoms with Crippen LogP contribution in [0, 0.1) is 0 Å². The fraction of sp³-hybridized carbons (Fsp3) is 0.625. The zero-order chi connectivity index (χ0) is 15.5. The summed E-state index contributed by atoms with van der Waals surface area (Å²) < 4.78 is 27.4. The number of hydrogen-bond acceptors (Lipinski definition) is 3. The van der Waals surface area contributed by atoms with Crippen LogP contribution in [0.3, 0.4) is 0 Å². The van der Waals surface area contributed by atoms with E-state index in [1.54, 1.807) is 10.4 Å². The van der Waals surface area contributed by atoms with Crippen LogP contribution in [0.1, 0.15) is 44.2 Å². The van der Waals surface area contributed by atoms with Crippen LogP contribution in [0.15, 0.2) is 23.1 Å². The van der Waals surface area contributed by atoms with E-state index in [1.165, 1.54) is 5.56 Å². The van der Waals surface area contributed by atoms with Crippen LogP contribution in [0.4, 0.5) is 0 Å². The molecular formula is C16H26N2O2S. The van der Waals surface area contributed by atoms with Crippen molar-refractivity contribution in [3.63, 3.8) is 0 Å². The molecule has 1 aliphatic rings. The third-order valence-electron chi connectivity index (χ3n) is 4.33. The van der Waals surface area contributed by atoms with E-state index in [9.17, 15) is 8.42 Å². The fourth-order valence-corrected chi connectivity index (χ4v) is 4.95. The zero-order valence-electron chi connectivity index (χ0n) is 13.2. The van der Waals surface area contributed by atoms with E-state index >= 15 is 0 Å². The first-order valence-electron chi connectivity index (χ1n) is 7.82. The Labute approximate surface area is 128 Å². The van der Waals surface area contributed by atoms with Gasteiger partial charge in [-0.25, -0.2) is 8.42 Å². The van der Waals surface area contributed by atoms with E-state index in [0.717, 1.165) is 31.2 Å². The molecule has 0 aliphatic carbocycles. The first-order chi connectivity index (χ1) is 10.0. The first kappa shape index (κ1) is 16.5. The molecule has 1 atom stereocenters. The van der Waals surface area contributed by atoms with Crippen molar-refractivity contribution < 1.29 is 8.42 Å². The molecule has 0 aromatic heterocycles. The minimum absolute atomic E-state index is 0.161. The van der Waals surface area contributed by atoms with E-state index in [4.69, 9.17) is 0 Å². The summed E-state index contributed by atoms with van der Waals surface area (Å²) in [7, 11) is -1.48. The average molecular weight is 310 g/mol. The lowest BCUT2D eigenvalue weighted by Crippen LogP contribution is -2.35. The van der Waals surface area contributed by atoms with Crippen molar-refractivity contribution in [1.29, 1.82) is 0 Å². The molecule has 0 spiro atoms. The quantitative estimate of drug-likeness (QED) is 0.878. The predicted molar refractivity (Wildman–Crippen MR) is 85.8 cm³/mol. The summed E-state index contributed by atoms with van der Waals surface area (Å²) in [5, 5.41) is 3.12. The summed E-state index contributed by atoms with van der Waals surface area (Å²) in [5.41, 5.74) is 2.28. The maximum atomic E-state index is 12.9. The van der Waals surface area contributed by atoms with Crippen molar-refractivity contribution in [2.75, 3.05) is 13.6 Å². The van der Waals surface area contributed by atoms with Crippen molar-refractivity contribution in [1.82, 2.24) is 9.62 Å². The van der Waals surface area contributed by atoms with E-state index < -0.39 is 10.0 Å². The van der Waals surface area contributed by atoms with Gasteiger partial charge in [-0.05, 0) is 56.0 Å². The van der Waals surface area contributed by atoms with Crippen LogP contribution in [-0.2, 0) is 23.0 Å². The molecule has 1 aromatic carbocycles. The molecule has 21 heavy (non-hydrogen) atoms. The summed E-state index contributed by atoms with van der Waals surface area (Å²) in [6.45, 7) is 5.50. The van der Waals surface area contributed by atoms with E-state index in [1.807, 2.05) is 19.2 Å². The number of benzene rings is 1. The topological polar surface area (TPSA) is 49.4 Å². The molecule has 4 nitrogen and oxygen atoms in total. The van der Waals surface area contributed by atoms with Gasteiger partial charge in [-0.3, -0.25) is 0 Å². The Bertz CT molecular complexity index is 584. The standard InChI is InChI=1S/C16H26N2O2S/c1-4-13-8-9-16(11-14(13)12-17-3)21(19,20)18-10-6-7-15(18)5-2/h8-9,11,15,17H,4-7,10,12H2,1-3H3. The number of nitrogens with zero attached hydrogens (tertiary/aromatic N) is 1. The van der Waals surface area contributed by atoms with Gasteiger partial charge in [-0.15, -0.1) is 0 Å². The molecule has 1 N–H and O–H groups in total. The smallest absolute Gasteiger partial charge is 0.243 e. The molecule has 0 saturated carbocycles. The predicted octanol–water partition coefficient (Wildman–Crippen LogP) is 2.53. The van der Waals surface area contributed by atoms with Gasteiger partial charge >= 0.3 is 0 Å². The molecule has 2 rings (SSSR count). The monoisotopic (exact) mass is 310 g/mol. The molecule has 0 radical (unpaired) electrons. The van der Waals surface area contributed by atoms with Crippen LogP contribution < -0.4 is 5.32 Å². The molecule has 0 amide bonds. The molecule has 1 saturated heterocycles. The van der Waals surface area contributed by atoms with Crippen molar-refractivity contribution in [3.05, 3.63) is 29.3 Å². The van der Waals surface area contributed by atoms with Gasteiger partial charge in [0.2, 0.25) is 10.0 Å². The van der Waals surface area contributed by atoms with Crippen LogP contribution >= 0.6 is 0 Å². The molecule has 0 bridgehead atoms. The van der Waals surface area contributed by atoms with Crippen molar-refractivity contribution in [3.8, 4) is 0 Å². The third-order valence-corrected chi connectivity index (χ3v) is 6.27. The largest absolute Gasteiger partial charge is 0.316 e. The van der Waals surface area contributed by atoms with Crippen LogP contribution in [0.2, 0.25) is 0 Å². The Morgan fingerprint density at radius 1 is 1.29 bits per heavy atom. The van der Waals surface area contributed by atoms with Crippen molar-refractivity contribution in [2.45, 2.75) is 57.0 Å². The minimum atomic E-state index is -3.36. The second kappa shape index (κ2) is 6.90. The Kier molecular flexibility index (Phi) is 5.41. The summed E-state index contributed by atoms with van der Waals surface area (Å²) in [4.78, 5) is 0.435. The van der Waals surface area contributed by atoms with Crippen LogP contribution in [0.25, 0.3) is 0 Å². The summed E-state index contributed by atoms with van der Waals surface area (Å²) >= 11 is 0. The summed E-state index contributed by atoms with van der Waals surface area (Å²) in [5.74, 6) is 0. The molecule has 1 heterocycles. The zero-order valence-corrected chi connectivity index (χ0v) is 14.0. The van der Waals surface area contributed by atoms with Gasteiger partial charge in [-0.2, -0.15) is 4.31 Å². The lowest BCUT2D eigenvalue weighted by atomic mass is 10.1. The number of aryl methyl sites for hydroxylation is 1. The molecule has 1 fully saturated rings. The molecule has 5 heteroatoms. The summed E-state index contributed by atoms with van der Waals surface area (Å²) in [6.07, 6.45) is 3.74. The lowest BCUT2D eigenvalue weighted by molar-refractivity contribution is 0.379. The van der Waals surface area contributed by atoms with Gasteiger partial charge in [0.1, 0.15) is 0 Å².